The van der Waals surface area contributed by atoms with Crippen molar-refractivity contribution in [3.05, 3.63) is 94.6 Å². The summed E-state index contributed by atoms with van der Waals surface area (Å²) in [5.74, 6) is -1.50. The molecule has 0 spiro atoms. The third kappa shape index (κ3) is 9.68. The minimum Gasteiger partial charge on any atom is -0.480 e. The molecule has 3 aromatic carbocycles. The first-order valence-electron chi connectivity index (χ1n) is 14.0. The number of amides is 1. The third-order valence-corrected chi connectivity index (χ3v) is 7.76. The molecule has 0 bridgehead atoms. The van der Waals surface area contributed by atoms with E-state index in [2.05, 4.69) is 24.1 Å². The number of hydrogen-bond acceptors (Lipinski definition) is 4. The van der Waals surface area contributed by atoms with E-state index in [1.165, 1.54) is 23.9 Å². The first kappa shape index (κ1) is 32.3. The van der Waals surface area contributed by atoms with Gasteiger partial charge in [-0.2, -0.15) is 11.8 Å². The second-order valence-electron chi connectivity index (χ2n) is 10.8. The van der Waals surface area contributed by atoms with Crippen LogP contribution in [-0.4, -0.2) is 53.0 Å². The fourth-order valence-electron chi connectivity index (χ4n) is 4.69. The van der Waals surface area contributed by atoms with Crippen LogP contribution >= 0.6 is 11.8 Å². The van der Waals surface area contributed by atoms with Crippen molar-refractivity contribution in [2.24, 2.45) is 5.92 Å². The Morgan fingerprint density at radius 3 is 2.39 bits per heavy atom. The van der Waals surface area contributed by atoms with Crippen LogP contribution in [0.25, 0.3) is 11.1 Å². The van der Waals surface area contributed by atoms with Crippen molar-refractivity contribution in [3.8, 4) is 11.1 Å². The van der Waals surface area contributed by atoms with E-state index in [1.54, 1.807) is 6.07 Å². The SMILES string of the molecule is CSCC[C@H](NC(=O)c1ccc(CN(CCc2ccc(F)cc2F)CCC(C)C)cc1-c1ccccc1C)C(=O)O. The van der Waals surface area contributed by atoms with Gasteiger partial charge in [0, 0.05) is 24.7 Å². The van der Waals surface area contributed by atoms with Crippen LogP contribution in [0.2, 0.25) is 0 Å². The topological polar surface area (TPSA) is 69.6 Å². The lowest BCUT2D eigenvalue weighted by atomic mass is 9.93. The van der Waals surface area contributed by atoms with Crippen molar-refractivity contribution in [2.75, 3.05) is 25.1 Å². The highest BCUT2D eigenvalue weighted by molar-refractivity contribution is 7.98. The number of rotatable bonds is 15. The summed E-state index contributed by atoms with van der Waals surface area (Å²) in [6.45, 7) is 8.28. The van der Waals surface area contributed by atoms with E-state index >= 15 is 0 Å². The summed E-state index contributed by atoms with van der Waals surface area (Å²) in [6, 6.07) is 16.2. The maximum absolute atomic E-state index is 14.3. The Morgan fingerprint density at radius 1 is 0.976 bits per heavy atom. The highest BCUT2D eigenvalue weighted by Crippen LogP contribution is 2.29. The van der Waals surface area contributed by atoms with Crippen LogP contribution in [0.15, 0.2) is 60.7 Å². The van der Waals surface area contributed by atoms with E-state index in [0.717, 1.165) is 41.3 Å². The summed E-state index contributed by atoms with van der Waals surface area (Å²) in [4.78, 5) is 27.4. The molecule has 0 heterocycles. The zero-order valence-corrected chi connectivity index (χ0v) is 25.1. The zero-order chi connectivity index (χ0) is 29.9. The summed E-state index contributed by atoms with van der Waals surface area (Å²) in [5.41, 5.74) is 4.52. The van der Waals surface area contributed by atoms with Crippen molar-refractivity contribution < 1.29 is 23.5 Å². The van der Waals surface area contributed by atoms with Crippen molar-refractivity contribution in [1.29, 1.82) is 0 Å². The van der Waals surface area contributed by atoms with Gasteiger partial charge in [0.15, 0.2) is 0 Å². The minimum absolute atomic E-state index is 0.333. The molecule has 8 heteroatoms. The molecule has 1 amide bonds. The van der Waals surface area contributed by atoms with Crippen LogP contribution in [0.4, 0.5) is 8.78 Å². The number of aryl methyl sites for hydroxylation is 1. The largest absolute Gasteiger partial charge is 0.480 e. The van der Waals surface area contributed by atoms with Crippen LogP contribution < -0.4 is 5.32 Å². The Balaban J connectivity index is 1.91. The van der Waals surface area contributed by atoms with Gasteiger partial charge < -0.3 is 10.4 Å². The summed E-state index contributed by atoms with van der Waals surface area (Å²) in [7, 11) is 0. The van der Waals surface area contributed by atoms with Gasteiger partial charge in [0.2, 0.25) is 0 Å². The van der Waals surface area contributed by atoms with Gasteiger partial charge in [-0.3, -0.25) is 9.69 Å². The van der Waals surface area contributed by atoms with Crippen LogP contribution in [0, 0.1) is 24.5 Å². The number of carbonyl (C=O) groups is 2. The molecule has 2 N–H and O–H groups in total. The molecular weight excluding hydrogens is 542 g/mol. The second kappa shape index (κ2) is 15.7. The predicted molar refractivity (Wildman–Crippen MR) is 163 cm³/mol. The number of nitrogens with one attached hydrogen (secondary N) is 1. The minimum atomic E-state index is -1.06. The number of carboxylic acids is 1. The Hall–Kier alpha value is -3.23. The molecule has 0 fully saturated rings. The number of halogens is 2. The van der Waals surface area contributed by atoms with Crippen molar-refractivity contribution in [1.82, 2.24) is 10.2 Å². The lowest BCUT2D eigenvalue weighted by molar-refractivity contribution is -0.139. The van der Waals surface area contributed by atoms with E-state index in [4.69, 9.17) is 0 Å². The number of thioether (sulfide) groups is 1. The standard InChI is InChI=1S/C33H40F2N2O3S/c1-22(2)13-16-37(17-14-25-10-11-26(34)20-30(25)35)21-24-9-12-28(29(19-24)27-8-6-5-7-23(27)3)32(38)36-31(33(39)40)15-18-41-4/h5-12,19-20,22,31H,13-18,21H2,1-4H3,(H,36,38)(H,39,40)/t31-/m0/s1. The van der Waals surface area contributed by atoms with E-state index in [1.807, 2.05) is 49.6 Å². The lowest BCUT2D eigenvalue weighted by Gasteiger charge is -2.24. The molecule has 0 saturated carbocycles. The molecular formula is C33H40F2N2O3S. The Bertz CT molecular complexity index is 1330. The summed E-state index contributed by atoms with van der Waals surface area (Å²) < 4.78 is 27.7. The number of carboxylic acid groups (broad SMARTS) is 1. The monoisotopic (exact) mass is 582 g/mol. The second-order valence-corrected chi connectivity index (χ2v) is 11.8. The predicted octanol–water partition coefficient (Wildman–Crippen LogP) is 6.97. The van der Waals surface area contributed by atoms with Crippen molar-refractivity contribution in [3.63, 3.8) is 0 Å². The molecule has 5 nitrogen and oxygen atoms in total. The molecule has 0 aliphatic rings. The van der Waals surface area contributed by atoms with E-state index in [-0.39, 0.29) is 0 Å². The number of benzene rings is 3. The highest BCUT2D eigenvalue weighted by atomic mass is 32.2. The van der Waals surface area contributed by atoms with Gasteiger partial charge >= 0.3 is 5.97 Å². The number of nitrogens with zero attached hydrogens (tertiary/aromatic N) is 1. The molecule has 0 radical (unpaired) electrons. The van der Waals surface area contributed by atoms with Crippen LogP contribution in [0.5, 0.6) is 0 Å². The van der Waals surface area contributed by atoms with E-state index in [9.17, 15) is 23.5 Å². The van der Waals surface area contributed by atoms with Crippen LogP contribution in [0.1, 0.15) is 53.7 Å². The normalized spacial score (nSPS) is 12.1. The molecule has 0 aromatic heterocycles. The molecule has 3 rings (SSSR count). The molecule has 0 aliphatic carbocycles. The first-order chi connectivity index (χ1) is 19.6. The van der Waals surface area contributed by atoms with Gasteiger partial charge in [-0.1, -0.05) is 50.2 Å². The third-order valence-electron chi connectivity index (χ3n) is 7.12. The fourth-order valence-corrected chi connectivity index (χ4v) is 5.16. The van der Waals surface area contributed by atoms with Gasteiger partial charge in [-0.05, 0) is 96.7 Å². The Kier molecular flexibility index (Phi) is 12.4. The molecule has 220 valence electrons. The van der Waals surface area contributed by atoms with E-state index < -0.39 is 29.6 Å². The maximum Gasteiger partial charge on any atom is 0.326 e. The maximum atomic E-state index is 14.3. The molecule has 1 atom stereocenters. The summed E-state index contributed by atoms with van der Waals surface area (Å²) in [6.07, 6.45) is 3.64. The number of aliphatic carboxylic acids is 1. The summed E-state index contributed by atoms with van der Waals surface area (Å²) >= 11 is 1.53. The Morgan fingerprint density at radius 2 is 1.73 bits per heavy atom. The van der Waals surface area contributed by atoms with Gasteiger partial charge in [0.1, 0.15) is 17.7 Å². The van der Waals surface area contributed by atoms with Crippen molar-refractivity contribution in [2.45, 2.75) is 52.6 Å². The molecule has 3 aromatic rings. The molecule has 41 heavy (non-hydrogen) atoms. The first-order valence-corrected chi connectivity index (χ1v) is 15.4. The van der Waals surface area contributed by atoms with E-state index in [0.29, 0.717) is 48.7 Å². The zero-order valence-electron chi connectivity index (χ0n) is 24.3. The van der Waals surface area contributed by atoms with Crippen molar-refractivity contribution >= 4 is 23.6 Å². The van der Waals surface area contributed by atoms with Gasteiger partial charge in [0.05, 0.1) is 0 Å². The van der Waals surface area contributed by atoms with Gasteiger partial charge in [-0.25, -0.2) is 13.6 Å². The molecule has 0 aliphatic heterocycles. The lowest BCUT2D eigenvalue weighted by Crippen LogP contribution is -2.41. The number of carbonyl (C=O) groups excluding carboxylic acids is 1. The van der Waals surface area contributed by atoms with Crippen LogP contribution in [-0.2, 0) is 17.8 Å². The number of hydrogen-bond donors (Lipinski definition) is 2. The quantitative estimate of drug-likeness (QED) is 0.203. The fraction of sp³-hybridized carbons (Fsp3) is 0.394. The Labute approximate surface area is 246 Å². The highest BCUT2D eigenvalue weighted by Gasteiger charge is 2.23. The summed E-state index contributed by atoms with van der Waals surface area (Å²) in [5, 5.41) is 12.4. The average Bonchev–Trinajstić information content (AvgIpc) is 2.93. The van der Waals surface area contributed by atoms with Gasteiger partial charge in [-0.15, -0.1) is 0 Å². The average molecular weight is 583 g/mol. The van der Waals surface area contributed by atoms with Crippen LogP contribution in [0.3, 0.4) is 0 Å². The van der Waals surface area contributed by atoms with Gasteiger partial charge in [0.25, 0.3) is 5.91 Å². The molecule has 0 saturated heterocycles. The molecule has 0 unspecified atom stereocenters. The smallest absolute Gasteiger partial charge is 0.326 e.